The zero-order valence-electron chi connectivity index (χ0n) is 14.4. The number of aromatic hydroxyl groups is 1. The predicted octanol–water partition coefficient (Wildman–Crippen LogP) is 1.77. The van der Waals surface area contributed by atoms with Crippen molar-refractivity contribution in [1.82, 2.24) is 10.2 Å². The van der Waals surface area contributed by atoms with Crippen molar-refractivity contribution in [2.24, 2.45) is 0 Å². The third-order valence-electron chi connectivity index (χ3n) is 3.85. The summed E-state index contributed by atoms with van der Waals surface area (Å²) in [5.74, 6) is -1.64. The van der Waals surface area contributed by atoms with Crippen LogP contribution in [0.1, 0.15) is 21.9 Å². The fourth-order valence-corrected chi connectivity index (χ4v) is 2.47. The van der Waals surface area contributed by atoms with E-state index in [0.717, 1.165) is 29.2 Å². The van der Waals surface area contributed by atoms with Gasteiger partial charge in [0.15, 0.2) is 0 Å². The summed E-state index contributed by atoms with van der Waals surface area (Å²) in [7, 11) is 1.18. The van der Waals surface area contributed by atoms with Crippen LogP contribution in [-0.2, 0) is 16.1 Å². The van der Waals surface area contributed by atoms with Crippen LogP contribution in [0.15, 0.2) is 40.4 Å². The molecule has 2 heterocycles. The molecule has 2 N–H and O–H groups in total. The van der Waals surface area contributed by atoms with Crippen molar-refractivity contribution in [2.75, 3.05) is 7.11 Å². The van der Waals surface area contributed by atoms with Gasteiger partial charge in [-0.1, -0.05) is 0 Å². The zero-order chi connectivity index (χ0) is 20.4. The molecule has 0 radical (unpaired) electrons. The van der Waals surface area contributed by atoms with Crippen molar-refractivity contribution >= 4 is 29.7 Å². The lowest BCUT2D eigenvalue weighted by atomic mass is 10.1. The Morgan fingerprint density at radius 1 is 1.36 bits per heavy atom. The molecular formula is C17H13N3O8. The van der Waals surface area contributed by atoms with Crippen LogP contribution < -0.4 is 5.32 Å². The van der Waals surface area contributed by atoms with E-state index in [1.165, 1.54) is 19.2 Å². The van der Waals surface area contributed by atoms with Crippen molar-refractivity contribution in [2.45, 2.75) is 6.54 Å². The van der Waals surface area contributed by atoms with Gasteiger partial charge in [-0.2, -0.15) is 0 Å². The number of nitrogens with zero attached hydrogens (tertiary/aromatic N) is 2. The first kappa shape index (κ1) is 18.6. The van der Waals surface area contributed by atoms with Crippen LogP contribution in [0.4, 0.5) is 10.5 Å². The number of hydrogen-bond acceptors (Lipinski definition) is 8. The number of hydrogen-bond donors (Lipinski definition) is 2. The van der Waals surface area contributed by atoms with E-state index in [4.69, 9.17) is 4.42 Å². The number of rotatable bonds is 5. The number of furan rings is 1. The standard InChI is InChI=1S/C17H13N3O8/c1-27-16(23)14-5-3-11(28-14)8-19-15(22)12(18-17(19)24)7-9-6-10(20(25)26)2-4-13(9)21/h2-7,21H,8H2,1H3,(H,18,24). The topological polar surface area (TPSA) is 152 Å². The number of amides is 3. The number of phenols is 1. The van der Waals surface area contributed by atoms with E-state index in [1.807, 2.05) is 0 Å². The Kier molecular flexibility index (Phi) is 4.81. The fourth-order valence-electron chi connectivity index (χ4n) is 2.47. The smallest absolute Gasteiger partial charge is 0.373 e. The van der Waals surface area contributed by atoms with E-state index in [2.05, 4.69) is 10.1 Å². The Bertz CT molecular complexity index is 1020. The number of carbonyl (C=O) groups excluding carboxylic acids is 3. The highest BCUT2D eigenvalue weighted by Crippen LogP contribution is 2.26. The Balaban J connectivity index is 1.83. The molecule has 1 aliphatic rings. The minimum Gasteiger partial charge on any atom is -0.507 e. The molecule has 0 atom stereocenters. The Morgan fingerprint density at radius 3 is 2.79 bits per heavy atom. The Labute approximate surface area is 156 Å². The SMILES string of the molecule is COC(=O)c1ccc(CN2C(=O)NC(=Cc3cc([N+](=O)[O-])ccc3O)C2=O)o1. The molecule has 2 aromatic rings. The maximum Gasteiger partial charge on any atom is 0.373 e. The second-order valence-electron chi connectivity index (χ2n) is 5.64. The van der Waals surface area contributed by atoms with Crippen molar-refractivity contribution < 1.29 is 33.6 Å². The van der Waals surface area contributed by atoms with Crippen LogP contribution in [0.25, 0.3) is 6.08 Å². The summed E-state index contributed by atoms with van der Waals surface area (Å²) in [6.07, 6.45) is 1.13. The first-order valence-electron chi connectivity index (χ1n) is 7.79. The van der Waals surface area contributed by atoms with E-state index in [-0.39, 0.29) is 40.8 Å². The highest BCUT2D eigenvalue weighted by molar-refractivity contribution is 6.14. The van der Waals surface area contributed by atoms with Crippen LogP contribution in [0.5, 0.6) is 5.75 Å². The van der Waals surface area contributed by atoms with Gasteiger partial charge in [-0.05, 0) is 24.3 Å². The summed E-state index contributed by atoms with van der Waals surface area (Å²) >= 11 is 0. The number of nitro benzene ring substituents is 1. The molecule has 1 aromatic carbocycles. The van der Waals surface area contributed by atoms with Crippen molar-refractivity contribution in [1.29, 1.82) is 0 Å². The molecule has 0 bridgehead atoms. The van der Waals surface area contributed by atoms with E-state index in [0.29, 0.717) is 0 Å². The lowest BCUT2D eigenvalue weighted by molar-refractivity contribution is -0.384. The molecule has 3 rings (SSSR count). The molecule has 0 aliphatic carbocycles. The number of phenolic OH excluding ortho intramolecular Hbond substituents is 1. The second kappa shape index (κ2) is 7.23. The number of carbonyl (C=O) groups is 3. The van der Waals surface area contributed by atoms with Gasteiger partial charge in [-0.15, -0.1) is 0 Å². The minimum absolute atomic E-state index is 0.00863. The molecule has 3 amide bonds. The molecule has 1 saturated heterocycles. The number of urea groups is 1. The number of ether oxygens (including phenoxy) is 1. The fraction of sp³-hybridized carbons (Fsp3) is 0.118. The molecule has 1 aliphatic heterocycles. The van der Waals surface area contributed by atoms with Crippen molar-refractivity contribution in [3.8, 4) is 5.75 Å². The number of benzene rings is 1. The predicted molar refractivity (Wildman–Crippen MR) is 91.9 cm³/mol. The Hall–Kier alpha value is -4.15. The highest BCUT2D eigenvalue weighted by Gasteiger charge is 2.34. The molecule has 144 valence electrons. The van der Waals surface area contributed by atoms with Crippen LogP contribution in [-0.4, -0.2) is 39.9 Å². The maximum atomic E-state index is 12.5. The average Bonchev–Trinajstić information content (AvgIpc) is 3.23. The average molecular weight is 387 g/mol. The first-order valence-corrected chi connectivity index (χ1v) is 7.79. The second-order valence-corrected chi connectivity index (χ2v) is 5.64. The lowest BCUT2D eigenvalue weighted by Crippen LogP contribution is -2.30. The van der Waals surface area contributed by atoms with Gasteiger partial charge >= 0.3 is 12.0 Å². The van der Waals surface area contributed by atoms with E-state index in [1.54, 1.807) is 0 Å². The van der Waals surface area contributed by atoms with Gasteiger partial charge in [0.1, 0.15) is 17.2 Å². The van der Waals surface area contributed by atoms with Crippen molar-refractivity contribution in [3.05, 3.63) is 63.2 Å². The van der Waals surface area contributed by atoms with Gasteiger partial charge in [0.05, 0.1) is 18.6 Å². The monoisotopic (exact) mass is 387 g/mol. The summed E-state index contributed by atoms with van der Waals surface area (Å²) in [6.45, 7) is -0.250. The number of esters is 1. The number of non-ortho nitro benzene ring substituents is 1. The Morgan fingerprint density at radius 2 is 2.11 bits per heavy atom. The van der Waals surface area contributed by atoms with Crippen LogP contribution in [0, 0.1) is 10.1 Å². The lowest BCUT2D eigenvalue weighted by Gasteiger charge is -2.09. The van der Waals surface area contributed by atoms with Gasteiger partial charge in [0.2, 0.25) is 5.76 Å². The van der Waals surface area contributed by atoms with Crippen molar-refractivity contribution in [3.63, 3.8) is 0 Å². The highest BCUT2D eigenvalue weighted by atomic mass is 16.6. The number of imide groups is 1. The van der Waals surface area contributed by atoms with Gasteiger partial charge in [0, 0.05) is 17.7 Å². The van der Waals surface area contributed by atoms with Gasteiger partial charge in [-0.25, -0.2) is 9.59 Å². The quantitative estimate of drug-likeness (QED) is 0.259. The van der Waals surface area contributed by atoms with E-state index < -0.39 is 22.8 Å². The summed E-state index contributed by atoms with van der Waals surface area (Å²) in [5.41, 5.74) is -0.476. The van der Waals surface area contributed by atoms with Gasteiger partial charge < -0.3 is 19.6 Å². The summed E-state index contributed by atoms with van der Waals surface area (Å²) in [4.78, 5) is 47.0. The van der Waals surface area contributed by atoms with E-state index in [9.17, 15) is 29.6 Å². The minimum atomic E-state index is -0.753. The largest absolute Gasteiger partial charge is 0.507 e. The van der Waals surface area contributed by atoms with Crippen LogP contribution in [0.2, 0.25) is 0 Å². The first-order chi connectivity index (χ1) is 13.3. The van der Waals surface area contributed by atoms with Gasteiger partial charge in [-0.3, -0.25) is 19.8 Å². The molecule has 1 aromatic heterocycles. The van der Waals surface area contributed by atoms with Gasteiger partial charge in [0.25, 0.3) is 11.6 Å². The molecule has 0 unspecified atom stereocenters. The van der Waals surface area contributed by atoms with Crippen LogP contribution >= 0.6 is 0 Å². The normalized spacial score (nSPS) is 15.0. The molecule has 11 nitrogen and oxygen atoms in total. The number of methoxy groups -OCH3 is 1. The van der Waals surface area contributed by atoms with E-state index >= 15 is 0 Å². The number of nitro groups is 1. The molecular weight excluding hydrogens is 374 g/mol. The summed E-state index contributed by atoms with van der Waals surface area (Å²) in [5, 5.41) is 23.0. The summed E-state index contributed by atoms with van der Waals surface area (Å²) < 4.78 is 9.74. The zero-order valence-corrected chi connectivity index (χ0v) is 14.4. The molecule has 11 heteroatoms. The molecule has 1 fully saturated rings. The molecule has 0 saturated carbocycles. The number of nitrogens with one attached hydrogen (secondary N) is 1. The van der Waals surface area contributed by atoms with Crippen LogP contribution in [0.3, 0.4) is 0 Å². The molecule has 28 heavy (non-hydrogen) atoms. The maximum absolute atomic E-state index is 12.5. The third kappa shape index (κ3) is 3.53. The third-order valence-corrected chi connectivity index (χ3v) is 3.85. The molecule has 0 spiro atoms. The summed E-state index contributed by atoms with van der Waals surface area (Å²) in [6, 6.07) is 5.30.